The van der Waals surface area contributed by atoms with E-state index in [2.05, 4.69) is 24.1 Å². The van der Waals surface area contributed by atoms with E-state index >= 15 is 0 Å². The first kappa shape index (κ1) is 13.0. The lowest BCUT2D eigenvalue weighted by Gasteiger charge is -2.16. The summed E-state index contributed by atoms with van der Waals surface area (Å²) in [5.41, 5.74) is 0.479. The molecule has 1 amide bonds. The molecule has 0 radical (unpaired) electrons. The minimum absolute atomic E-state index is 0.138. The lowest BCUT2D eigenvalue weighted by atomic mass is 10.1. The summed E-state index contributed by atoms with van der Waals surface area (Å²) in [5.74, 6) is 0.420. The monoisotopic (exact) mass is 240 g/mol. The van der Waals surface area contributed by atoms with E-state index in [0.717, 1.165) is 6.42 Å². The Morgan fingerprint density at radius 3 is 2.75 bits per heavy atom. The van der Waals surface area contributed by atoms with Crippen LogP contribution in [0.1, 0.15) is 37.6 Å². The van der Waals surface area contributed by atoms with Crippen molar-refractivity contribution >= 4 is 17.5 Å². The van der Waals surface area contributed by atoms with Gasteiger partial charge >= 0.3 is 0 Å². The average Bonchev–Trinajstić information content (AvgIpc) is 2.16. The molecule has 88 valence electrons. The molecule has 4 heteroatoms. The van der Waals surface area contributed by atoms with Gasteiger partial charge in [0.2, 0.25) is 0 Å². The van der Waals surface area contributed by atoms with Gasteiger partial charge in [-0.15, -0.1) is 0 Å². The maximum absolute atomic E-state index is 11.8. The van der Waals surface area contributed by atoms with Crippen LogP contribution in [-0.2, 0) is 0 Å². The van der Waals surface area contributed by atoms with E-state index in [4.69, 9.17) is 11.6 Å². The minimum atomic E-state index is -0.138. The van der Waals surface area contributed by atoms with E-state index in [9.17, 15) is 4.79 Å². The summed E-state index contributed by atoms with van der Waals surface area (Å²) in [6.45, 7) is 6.25. The molecule has 1 aromatic heterocycles. The molecule has 1 atom stereocenters. The molecule has 0 bridgehead atoms. The first-order chi connectivity index (χ1) is 7.50. The maximum atomic E-state index is 11.8. The number of pyridine rings is 1. The number of hydrogen-bond donors (Lipinski definition) is 1. The van der Waals surface area contributed by atoms with Crippen LogP contribution in [0.15, 0.2) is 18.5 Å². The van der Waals surface area contributed by atoms with E-state index in [1.54, 1.807) is 12.3 Å². The molecule has 16 heavy (non-hydrogen) atoms. The topological polar surface area (TPSA) is 42.0 Å². The number of aromatic nitrogens is 1. The molecule has 0 fully saturated rings. The molecule has 0 saturated carbocycles. The summed E-state index contributed by atoms with van der Waals surface area (Å²) in [5, 5.41) is 3.30. The van der Waals surface area contributed by atoms with Gasteiger partial charge < -0.3 is 5.32 Å². The summed E-state index contributed by atoms with van der Waals surface area (Å²) >= 11 is 5.88. The highest BCUT2D eigenvalue weighted by molar-refractivity contribution is 6.33. The van der Waals surface area contributed by atoms with Gasteiger partial charge in [0.05, 0.1) is 10.6 Å². The van der Waals surface area contributed by atoms with Crippen molar-refractivity contribution in [1.29, 1.82) is 0 Å². The molecule has 1 N–H and O–H groups in total. The largest absolute Gasteiger partial charge is 0.350 e. The van der Waals surface area contributed by atoms with E-state index in [-0.39, 0.29) is 11.9 Å². The van der Waals surface area contributed by atoms with Crippen LogP contribution in [0.25, 0.3) is 0 Å². The highest BCUT2D eigenvalue weighted by Gasteiger charge is 2.13. The molecule has 0 aromatic carbocycles. The van der Waals surface area contributed by atoms with Gasteiger partial charge in [-0.05, 0) is 25.3 Å². The molecule has 0 spiro atoms. The maximum Gasteiger partial charge on any atom is 0.253 e. The van der Waals surface area contributed by atoms with Crippen LogP contribution in [-0.4, -0.2) is 16.9 Å². The number of nitrogens with zero attached hydrogens (tertiary/aromatic N) is 1. The van der Waals surface area contributed by atoms with Crippen molar-refractivity contribution in [1.82, 2.24) is 10.3 Å². The van der Waals surface area contributed by atoms with E-state index in [1.807, 2.05) is 6.92 Å². The third kappa shape index (κ3) is 3.81. The van der Waals surface area contributed by atoms with Crippen molar-refractivity contribution in [3.63, 3.8) is 0 Å². The van der Waals surface area contributed by atoms with E-state index < -0.39 is 0 Å². The molecule has 0 saturated heterocycles. The fourth-order valence-corrected chi connectivity index (χ4v) is 1.83. The number of hydrogen-bond acceptors (Lipinski definition) is 2. The van der Waals surface area contributed by atoms with Crippen molar-refractivity contribution in [3.05, 3.63) is 29.0 Å². The predicted molar refractivity (Wildman–Crippen MR) is 65.6 cm³/mol. The standard InChI is InChI=1S/C12H17ClN2O/c1-8(2)6-9(3)15-12(16)10-4-5-14-7-11(10)13/h4-5,7-9H,6H2,1-3H3,(H,15,16). The summed E-state index contributed by atoms with van der Waals surface area (Å²) in [6, 6.07) is 1.77. The first-order valence-electron chi connectivity index (χ1n) is 5.41. The van der Waals surface area contributed by atoms with Crippen LogP contribution >= 0.6 is 11.6 Å². The summed E-state index contributed by atoms with van der Waals surface area (Å²) in [4.78, 5) is 15.7. The summed E-state index contributed by atoms with van der Waals surface area (Å²) < 4.78 is 0. The van der Waals surface area contributed by atoms with Crippen LogP contribution in [0, 0.1) is 5.92 Å². The van der Waals surface area contributed by atoms with Gasteiger partial charge in [0.15, 0.2) is 0 Å². The average molecular weight is 241 g/mol. The molecule has 0 aliphatic carbocycles. The second-order valence-corrected chi connectivity index (χ2v) is 4.77. The highest BCUT2D eigenvalue weighted by atomic mass is 35.5. The fraction of sp³-hybridized carbons (Fsp3) is 0.500. The predicted octanol–water partition coefficient (Wildman–Crippen LogP) is 2.90. The number of amides is 1. The molecular formula is C12H17ClN2O. The van der Waals surface area contributed by atoms with Crippen molar-refractivity contribution in [2.75, 3.05) is 0 Å². The Labute approximate surface area is 101 Å². The number of carbonyl (C=O) groups is 1. The van der Waals surface area contributed by atoms with E-state index in [1.165, 1.54) is 6.20 Å². The molecule has 1 unspecified atom stereocenters. The van der Waals surface area contributed by atoms with Gasteiger partial charge in [-0.25, -0.2) is 0 Å². The van der Waals surface area contributed by atoms with Crippen molar-refractivity contribution < 1.29 is 4.79 Å². The Hall–Kier alpha value is -1.09. The molecule has 1 aromatic rings. The Morgan fingerprint density at radius 1 is 1.50 bits per heavy atom. The SMILES string of the molecule is CC(C)CC(C)NC(=O)c1ccncc1Cl. The fourth-order valence-electron chi connectivity index (χ4n) is 1.63. The third-order valence-electron chi connectivity index (χ3n) is 2.22. The van der Waals surface area contributed by atoms with Gasteiger partial charge in [-0.3, -0.25) is 9.78 Å². The Kier molecular flexibility index (Phi) is 4.74. The van der Waals surface area contributed by atoms with Gasteiger partial charge in [0.25, 0.3) is 5.91 Å². The number of rotatable bonds is 4. The molecular weight excluding hydrogens is 224 g/mol. The lowest BCUT2D eigenvalue weighted by Crippen LogP contribution is -2.33. The van der Waals surface area contributed by atoms with Crippen molar-refractivity contribution in [3.8, 4) is 0 Å². The van der Waals surface area contributed by atoms with Crippen LogP contribution in [0.2, 0.25) is 5.02 Å². The zero-order valence-electron chi connectivity index (χ0n) is 9.83. The van der Waals surface area contributed by atoms with Crippen molar-refractivity contribution in [2.45, 2.75) is 33.2 Å². The van der Waals surface area contributed by atoms with Crippen LogP contribution < -0.4 is 5.32 Å². The number of carbonyl (C=O) groups excluding carboxylic acids is 1. The second kappa shape index (κ2) is 5.85. The van der Waals surface area contributed by atoms with Crippen LogP contribution in [0.4, 0.5) is 0 Å². The van der Waals surface area contributed by atoms with Gasteiger partial charge in [0.1, 0.15) is 0 Å². The molecule has 1 rings (SSSR count). The number of halogens is 1. The molecule has 0 aliphatic heterocycles. The molecule has 1 heterocycles. The van der Waals surface area contributed by atoms with Gasteiger partial charge in [-0.2, -0.15) is 0 Å². The zero-order chi connectivity index (χ0) is 12.1. The first-order valence-corrected chi connectivity index (χ1v) is 5.79. The lowest BCUT2D eigenvalue weighted by molar-refractivity contribution is 0.0936. The van der Waals surface area contributed by atoms with Crippen LogP contribution in [0.5, 0.6) is 0 Å². The summed E-state index contributed by atoms with van der Waals surface area (Å²) in [6.07, 6.45) is 3.99. The van der Waals surface area contributed by atoms with E-state index in [0.29, 0.717) is 16.5 Å². The molecule has 3 nitrogen and oxygen atoms in total. The summed E-state index contributed by atoms with van der Waals surface area (Å²) in [7, 11) is 0. The zero-order valence-corrected chi connectivity index (χ0v) is 10.6. The Bertz CT molecular complexity index is 366. The number of nitrogens with one attached hydrogen (secondary N) is 1. The van der Waals surface area contributed by atoms with Crippen molar-refractivity contribution in [2.24, 2.45) is 5.92 Å². The normalized spacial score (nSPS) is 12.6. The minimum Gasteiger partial charge on any atom is -0.350 e. The molecule has 0 aliphatic rings. The Balaban J connectivity index is 2.63. The van der Waals surface area contributed by atoms with Crippen LogP contribution in [0.3, 0.4) is 0 Å². The second-order valence-electron chi connectivity index (χ2n) is 4.36. The van der Waals surface area contributed by atoms with Gasteiger partial charge in [-0.1, -0.05) is 25.4 Å². The third-order valence-corrected chi connectivity index (χ3v) is 2.52. The smallest absolute Gasteiger partial charge is 0.253 e. The highest BCUT2D eigenvalue weighted by Crippen LogP contribution is 2.13. The quantitative estimate of drug-likeness (QED) is 0.879. The van der Waals surface area contributed by atoms with Gasteiger partial charge in [0, 0.05) is 18.4 Å². The Morgan fingerprint density at radius 2 is 2.19 bits per heavy atom.